The number of benzene rings is 2. The fourth-order valence-electron chi connectivity index (χ4n) is 4.08. The van der Waals surface area contributed by atoms with Crippen LogP contribution in [0.1, 0.15) is 30.9 Å². The zero-order chi connectivity index (χ0) is 32.1. The van der Waals surface area contributed by atoms with Gasteiger partial charge >= 0.3 is 18.0 Å². The minimum atomic E-state index is -1.27. The van der Waals surface area contributed by atoms with E-state index >= 15 is 0 Å². The zero-order valence-corrected chi connectivity index (χ0v) is 24.4. The molecule has 0 aromatic heterocycles. The van der Waals surface area contributed by atoms with Crippen molar-refractivity contribution in [3.05, 3.63) is 59.7 Å². The van der Waals surface area contributed by atoms with Gasteiger partial charge in [-0.25, -0.2) is 4.79 Å². The van der Waals surface area contributed by atoms with Crippen LogP contribution in [-0.2, 0) is 33.4 Å². The number of carbonyl (C=O) groups is 5. The van der Waals surface area contributed by atoms with E-state index in [0.29, 0.717) is 0 Å². The van der Waals surface area contributed by atoms with Gasteiger partial charge in [-0.3, -0.25) is 19.2 Å². The number of aliphatic hydroxyl groups is 2. The summed E-state index contributed by atoms with van der Waals surface area (Å²) in [6.45, 7) is 2.21. The lowest BCUT2D eigenvalue weighted by molar-refractivity contribution is -0.141. The van der Waals surface area contributed by atoms with E-state index in [1.165, 1.54) is 28.1 Å². The number of ether oxygens (including phenoxy) is 3. The Bertz CT molecular complexity index is 1240. The molecule has 14 heteroatoms. The summed E-state index contributed by atoms with van der Waals surface area (Å²) < 4.78 is 14.1. The van der Waals surface area contributed by atoms with E-state index in [4.69, 9.17) is 15.6 Å². The number of esters is 2. The second-order valence-corrected chi connectivity index (χ2v) is 9.54. The highest BCUT2D eigenvalue weighted by Crippen LogP contribution is 2.44. The van der Waals surface area contributed by atoms with Gasteiger partial charge in [0, 0.05) is 5.92 Å². The van der Waals surface area contributed by atoms with Crippen LogP contribution in [0.2, 0.25) is 0 Å². The Kier molecular flexibility index (Phi) is 13.5. The molecule has 0 radical (unpaired) electrons. The molecule has 4 unspecified atom stereocenters. The lowest BCUT2D eigenvalue weighted by Crippen LogP contribution is -2.53. The van der Waals surface area contributed by atoms with Gasteiger partial charge in [-0.15, -0.1) is 0 Å². The van der Waals surface area contributed by atoms with Crippen LogP contribution in [0.15, 0.2) is 48.5 Å². The maximum atomic E-state index is 12.3. The van der Waals surface area contributed by atoms with Crippen LogP contribution in [0.5, 0.6) is 0 Å². The van der Waals surface area contributed by atoms with E-state index in [0.717, 1.165) is 22.3 Å². The monoisotopic (exact) mass is 602 g/mol. The average Bonchev–Trinajstić information content (AvgIpc) is 3.33. The van der Waals surface area contributed by atoms with Crippen LogP contribution in [0.4, 0.5) is 4.79 Å². The number of aliphatic hydroxyl groups excluding tert-OH is 2. The molecule has 0 bridgehead atoms. The fraction of sp³-hybridized carbons (Fsp3) is 0.414. The van der Waals surface area contributed by atoms with Crippen LogP contribution in [0.3, 0.4) is 0 Å². The quantitative estimate of drug-likeness (QED) is 0.143. The van der Waals surface area contributed by atoms with Crippen LogP contribution in [0, 0.1) is 0 Å². The molecule has 4 atom stereocenters. The molecule has 0 heterocycles. The van der Waals surface area contributed by atoms with E-state index < -0.39 is 54.1 Å². The number of methoxy groups -OCH3 is 2. The first-order valence-electron chi connectivity index (χ1n) is 13.3. The van der Waals surface area contributed by atoms with Gasteiger partial charge < -0.3 is 46.1 Å². The Balaban J connectivity index is 0.000000420. The first-order chi connectivity index (χ1) is 20.4. The zero-order valence-electron chi connectivity index (χ0n) is 24.4. The molecule has 0 aliphatic heterocycles. The van der Waals surface area contributed by atoms with Crippen molar-refractivity contribution in [2.75, 3.05) is 33.9 Å². The molecule has 0 fully saturated rings. The Labute approximate surface area is 248 Å². The minimum Gasteiger partial charge on any atom is -0.468 e. The molecular weight excluding hydrogens is 564 g/mol. The third kappa shape index (κ3) is 10.1. The summed E-state index contributed by atoms with van der Waals surface area (Å²) in [4.78, 5) is 57.2. The molecule has 0 spiro atoms. The number of alkyl carbamates (subject to hydrolysis) is 1. The maximum Gasteiger partial charge on any atom is 0.407 e. The molecule has 1 aliphatic rings. The Hall–Kier alpha value is -4.53. The average molecular weight is 603 g/mol. The van der Waals surface area contributed by atoms with Crippen LogP contribution in [0.25, 0.3) is 11.1 Å². The Morgan fingerprint density at radius 3 is 1.70 bits per heavy atom. The van der Waals surface area contributed by atoms with Crippen LogP contribution < -0.4 is 21.7 Å². The van der Waals surface area contributed by atoms with Crippen molar-refractivity contribution in [1.29, 1.82) is 0 Å². The molecular formula is C29H38N4O10. The third-order valence-corrected chi connectivity index (χ3v) is 6.47. The molecule has 3 amide bonds. The lowest BCUT2D eigenvalue weighted by Gasteiger charge is -2.21. The van der Waals surface area contributed by atoms with Crippen molar-refractivity contribution in [1.82, 2.24) is 16.0 Å². The van der Waals surface area contributed by atoms with E-state index in [1.54, 1.807) is 0 Å². The molecule has 2 aromatic rings. The molecule has 234 valence electrons. The Morgan fingerprint density at radius 2 is 1.26 bits per heavy atom. The van der Waals surface area contributed by atoms with Crippen molar-refractivity contribution >= 4 is 29.8 Å². The minimum absolute atomic E-state index is 0.0795. The number of nitrogens with two attached hydrogens (primary N) is 1. The smallest absolute Gasteiger partial charge is 0.407 e. The van der Waals surface area contributed by atoms with Gasteiger partial charge in [-0.1, -0.05) is 48.5 Å². The van der Waals surface area contributed by atoms with Crippen LogP contribution >= 0.6 is 0 Å². The second-order valence-electron chi connectivity index (χ2n) is 9.54. The van der Waals surface area contributed by atoms with Gasteiger partial charge in [-0.05, 0) is 36.1 Å². The standard InChI is InChI=1S/C22H24N2O6.C7H14N2O4/c1-13(25)20(21(27)23-11-19(26)29-2)24-22(28)30-12-18-16-9-5-3-7-14(16)15-8-4-6-10-17(15)18;1-4(10)6(8)7(12)9-3-5(11)13-2/h3-10,13,18,20,25H,11-12H2,1-2H3,(H,23,27)(H,24,28);4,6,10H,3,8H2,1-2H3,(H,9,12). The lowest BCUT2D eigenvalue weighted by atomic mass is 9.98. The SMILES string of the molecule is COC(=O)CNC(=O)C(N)C(C)O.COC(=O)CNC(=O)C(NC(=O)OCC1c2ccccc2-c2ccccc21)C(C)O. The van der Waals surface area contributed by atoms with Gasteiger partial charge in [0.25, 0.3) is 0 Å². The Morgan fingerprint density at radius 1 is 0.791 bits per heavy atom. The van der Waals surface area contributed by atoms with Crippen molar-refractivity contribution in [2.24, 2.45) is 5.73 Å². The van der Waals surface area contributed by atoms with E-state index in [9.17, 15) is 29.1 Å². The topological polar surface area (TPSA) is 216 Å². The van der Waals surface area contributed by atoms with Gasteiger partial charge in [0.05, 0.1) is 26.4 Å². The molecule has 0 saturated heterocycles. The fourth-order valence-corrected chi connectivity index (χ4v) is 4.08. The molecule has 3 rings (SSSR count). The summed E-state index contributed by atoms with van der Waals surface area (Å²) in [6, 6.07) is 13.6. The number of amides is 3. The van der Waals surface area contributed by atoms with Crippen molar-refractivity contribution in [3.63, 3.8) is 0 Å². The van der Waals surface area contributed by atoms with Crippen LogP contribution in [-0.4, -0.2) is 98.3 Å². The van der Waals surface area contributed by atoms with Gasteiger partial charge in [0.1, 0.15) is 31.8 Å². The van der Waals surface area contributed by atoms with E-state index in [2.05, 4.69) is 25.4 Å². The first kappa shape index (κ1) is 34.7. The molecule has 43 heavy (non-hydrogen) atoms. The highest BCUT2D eigenvalue weighted by Gasteiger charge is 2.31. The summed E-state index contributed by atoms with van der Waals surface area (Å²) in [7, 11) is 2.40. The predicted octanol–water partition coefficient (Wildman–Crippen LogP) is -0.453. The number of nitrogens with one attached hydrogen (secondary N) is 3. The first-order valence-corrected chi connectivity index (χ1v) is 13.3. The van der Waals surface area contributed by atoms with Gasteiger partial charge in [-0.2, -0.15) is 0 Å². The number of hydrogen-bond acceptors (Lipinski definition) is 11. The molecule has 7 N–H and O–H groups in total. The maximum absolute atomic E-state index is 12.3. The largest absolute Gasteiger partial charge is 0.468 e. The van der Waals surface area contributed by atoms with Gasteiger partial charge in [0.15, 0.2) is 0 Å². The summed E-state index contributed by atoms with van der Waals surface area (Å²) in [5.74, 6) is -2.63. The number of rotatable bonds is 11. The summed E-state index contributed by atoms with van der Waals surface area (Å²) in [5.41, 5.74) is 9.61. The summed E-state index contributed by atoms with van der Waals surface area (Å²) in [6.07, 6.45) is -2.98. The highest BCUT2D eigenvalue weighted by molar-refractivity contribution is 5.89. The molecule has 1 aliphatic carbocycles. The number of hydrogen-bond donors (Lipinski definition) is 6. The van der Waals surface area contributed by atoms with E-state index in [1.807, 2.05) is 48.5 Å². The van der Waals surface area contributed by atoms with Crippen molar-refractivity contribution in [2.45, 2.75) is 44.1 Å². The number of carbonyl (C=O) groups excluding carboxylic acids is 5. The molecule has 14 nitrogen and oxygen atoms in total. The summed E-state index contributed by atoms with van der Waals surface area (Å²) in [5, 5.41) is 25.6. The number of fused-ring (bicyclic) bond motifs is 3. The molecule has 2 aromatic carbocycles. The van der Waals surface area contributed by atoms with Crippen molar-refractivity contribution in [3.8, 4) is 11.1 Å². The van der Waals surface area contributed by atoms with Gasteiger partial charge in [0.2, 0.25) is 11.8 Å². The van der Waals surface area contributed by atoms with E-state index in [-0.39, 0.29) is 25.6 Å². The third-order valence-electron chi connectivity index (χ3n) is 6.47. The molecule has 0 saturated carbocycles. The summed E-state index contributed by atoms with van der Waals surface area (Å²) >= 11 is 0. The highest BCUT2D eigenvalue weighted by atomic mass is 16.5. The predicted molar refractivity (Wildman–Crippen MR) is 153 cm³/mol. The normalized spacial score (nSPS) is 14.2. The second kappa shape index (κ2) is 16.8. The van der Waals surface area contributed by atoms with Crippen molar-refractivity contribution < 1.29 is 48.4 Å².